The average Bonchev–Trinajstić information content (AvgIpc) is 2.91. The summed E-state index contributed by atoms with van der Waals surface area (Å²) in [5, 5.41) is 0. The van der Waals surface area contributed by atoms with Gasteiger partial charge in [-0.25, -0.2) is 0 Å². The number of hydrogen-bond donors (Lipinski definition) is 2. The highest BCUT2D eigenvalue weighted by Crippen LogP contribution is 2.36. The first-order valence-corrected chi connectivity index (χ1v) is 10.3. The molecule has 1 aromatic carbocycles. The molecule has 2 aromatic rings. The zero-order valence-electron chi connectivity index (χ0n) is 18.9. The van der Waals surface area contributed by atoms with Crippen LogP contribution in [0.3, 0.4) is 0 Å². The Balaban J connectivity index is 2.99. The lowest BCUT2D eigenvalue weighted by atomic mass is 9.87. The highest BCUT2D eigenvalue weighted by atomic mass is 14.8. The maximum atomic E-state index is 6.91. The van der Waals surface area contributed by atoms with E-state index in [1.165, 1.54) is 39.1 Å². The molecule has 1 heterocycles. The predicted octanol–water partition coefficient (Wildman–Crippen LogP) is 6.83. The normalized spacial score (nSPS) is 13.3. The van der Waals surface area contributed by atoms with E-state index in [0.717, 1.165) is 41.0 Å². The van der Waals surface area contributed by atoms with Crippen LogP contribution in [0.25, 0.3) is 5.57 Å². The molecule has 0 atom stereocenters. The molecule has 0 radical (unpaired) electrons. The fourth-order valence-corrected chi connectivity index (χ4v) is 4.41. The standard InChI is InChI=1S/C26H36N2/c1-10-21(15(3)4)18(7)25(27)24(23-16(5)13-12-14-17(23)6)26-19(8)22(11-2)20(9)28-26/h12-14,28H,3,10-11,27H2,1-2,4-9H3/b21-18-,25-24-. The van der Waals surface area contributed by atoms with Crippen molar-refractivity contribution in [2.45, 2.75) is 68.2 Å². The van der Waals surface area contributed by atoms with Crippen LogP contribution in [0.4, 0.5) is 0 Å². The number of benzene rings is 1. The molecule has 1 aromatic heterocycles. The van der Waals surface area contributed by atoms with Gasteiger partial charge in [0.1, 0.15) is 0 Å². The second kappa shape index (κ2) is 8.68. The minimum absolute atomic E-state index is 0.837. The molecule has 2 rings (SSSR count). The largest absolute Gasteiger partial charge is 0.398 e. The molecule has 28 heavy (non-hydrogen) atoms. The summed E-state index contributed by atoms with van der Waals surface area (Å²) < 4.78 is 0. The van der Waals surface area contributed by atoms with Gasteiger partial charge in [-0.3, -0.25) is 0 Å². The second-order valence-electron chi connectivity index (χ2n) is 7.88. The fraction of sp³-hybridized carbons (Fsp3) is 0.385. The van der Waals surface area contributed by atoms with Gasteiger partial charge in [-0.2, -0.15) is 0 Å². The van der Waals surface area contributed by atoms with Crippen molar-refractivity contribution in [2.75, 3.05) is 0 Å². The number of aromatic amines is 1. The van der Waals surface area contributed by atoms with Gasteiger partial charge >= 0.3 is 0 Å². The number of H-pyrrole nitrogens is 1. The monoisotopic (exact) mass is 376 g/mol. The van der Waals surface area contributed by atoms with E-state index in [4.69, 9.17) is 5.73 Å². The van der Waals surface area contributed by atoms with Crippen molar-refractivity contribution >= 4 is 5.57 Å². The third kappa shape index (κ3) is 3.87. The highest BCUT2D eigenvalue weighted by molar-refractivity contribution is 5.87. The molecule has 0 bridgehead atoms. The Morgan fingerprint density at radius 3 is 2.04 bits per heavy atom. The summed E-state index contributed by atoms with van der Waals surface area (Å²) in [6.07, 6.45) is 1.93. The van der Waals surface area contributed by atoms with Gasteiger partial charge in [-0.1, -0.05) is 44.2 Å². The number of allylic oxidation sites excluding steroid dienone is 3. The lowest BCUT2D eigenvalue weighted by molar-refractivity contribution is 1.06. The van der Waals surface area contributed by atoms with Crippen molar-refractivity contribution in [1.82, 2.24) is 4.98 Å². The molecule has 0 saturated carbocycles. The van der Waals surface area contributed by atoms with Gasteiger partial charge in [-0.15, -0.1) is 0 Å². The summed E-state index contributed by atoms with van der Waals surface area (Å²) in [7, 11) is 0. The van der Waals surface area contributed by atoms with E-state index < -0.39 is 0 Å². The van der Waals surface area contributed by atoms with Crippen molar-refractivity contribution in [1.29, 1.82) is 0 Å². The van der Waals surface area contributed by atoms with Gasteiger partial charge in [0, 0.05) is 17.0 Å². The molecule has 0 amide bonds. The molecule has 2 heteroatoms. The number of hydrogen-bond acceptors (Lipinski definition) is 1. The lowest BCUT2D eigenvalue weighted by Crippen LogP contribution is -2.10. The first kappa shape index (κ1) is 21.8. The van der Waals surface area contributed by atoms with E-state index in [9.17, 15) is 0 Å². The van der Waals surface area contributed by atoms with Gasteiger partial charge in [0.15, 0.2) is 0 Å². The van der Waals surface area contributed by atoms with E-state index in [0.29, 0.717) is 0 Å². The van der Waals surface area contributed by atoms with Gasteiger partial charge in [0.25, 0.3) is 0 Å². The quantitative estimate of drug-likeness (QED) is 0.533. The van der Waals surface area contributed by atoms with Crippen LogP contribution in [0, 0.1) is 27.7 Å². The zero-order chi connectivity index (χ0) is 21.2. The fourth-order valence-electron chi connectivity index (χ4n) is 4.41. The van der Waals surface area contributed by atoms with Crippen LogP contribution >= 0.6 is 0 Å². The Labute approximate surface area is 171 Å². The SMILES string of the molecule is C=C(C)/C(CC)=C(C)\C(N)=C(\c1[nH]c(C)c(CC)c1C)c1c(C)cccc1C. The van der Waals surface area contributed by atoms with Gasteiger partial charge in [0.2, 0.25) is 0 Å². The van der Waals surface area contributed by atoms with Crippen LogP contribution in [-0.2, 0) is 6.42 Å². The van der Waals surface area contributed by atoms with E-state index in [2.05, 4.69) is 85.2 Å². The molecule has 0 fully saturated rings. The number of nitrogens with two attached hydrogens (primary N) is 1. The van der Waals surface area contributed by atoms with Crippen molar-refractivity contribution in [3.05, 3.63) is 86.4 Å². The molecule has 0 unspecified atom stereocenters. The Morgan fingerprint density at radius 1 is 1.04 bits per heavy atom. The molecule has 3 N–H and O–H groups in total. The number of aromatic nitrogens is 1. The minimum atomic E-state index is 0.837. The smallest absolute Gasteiger partial charge is 0.0515 e. The second-order valence-corrected chi connectivity index (χ2v) is 7.88. The molecule has 2 nitrogen and oxygen atoms in total. The summed E-state index contributed by atoms with van der Waals surface area (Å²) in [5.41, 5.74) is 21.0. The van der Waals surface area contributed by atoms with E-state index >= 15 is 0 Å². The van der Waals surface area contributed by atoms with Crippen molar-refractivity contribution in [3.63, 3.8) is 0 Å². The molecule has 0 aliphatic carbocycles. The van der Waals surface area contributed by atoms with Crippen LogP contribution in [0.15, 0.2) is 47.2 Å². The first-order chi connectivity index (χ1) is 13.1. The first-order valence-electron chi connectivity index (χ1n) is 10.3. The van der Waals surface area contributed by atoms with Crippen LogP contribution in [0.1, 0.15) is 73.3 Å². The van der Waals surface area contributed by atoms with E-state index in [-0.39, 0.29) is 0 Å². The summed E-state index contributed by atoms with van der Waals surface area (Å²) in [6.45, 7) is 21.4. The van der Waals surface area contributed by atoms with Crippen LogP contribution in [0.2, 0.25) is 0 Å². The van der Waals surface area contributed by atoms with E-state index in [1.807, 2.05) is 0 Å². The van der Waals surface area contributed by atoms with Crippen LogP contribution < -0.4 is 5.73 Å². The van der Waals surface area contributed by atoms with Gasteiger partial charge in [-0.05, 0) is 93.3 Å². The summed E-state index contributed by atoms with van der Waals surface area (Å²) in [4.78, 5) is 3.66. The topological polar surface area (TPSA) is 41.8 Å². The molecule has 0 saturated heterocycles. The average molecular weight is 377 g/mol. The Kier molecular flexibility index (Phi) is 6.77. The molecule has 150 valence electrons. The molecular formula is C26H36N2. The van der Waals surface area contributed by atoms with Gasteiger partial charge in [0.05, 0.1) is 5.69 Å². The lowest BCUT2D eigenvalue weighted by Gasteiger charge is -2.20. The Morgan fingerprint density at radius 2 is 1.61 bits per heavy atom. The third-order valence-electron chi connectivity index (χ3n) is 5.92. The van der Waals surface area contributed by atoms with Crippen molar-refractivity contribution in [3.8, 4) is 0 Å². The predicted molar refractivity (Wildman–Crippen MR) is 124 cm³/mol. The van der Waals surface area contributed by atoms with Gasteiger partial charge < -0.3 is 10.7 Å². The molecule has 0 aliphatic rings. The summed E-state index contributed by atoms with van der Waals surface area (Å²) in [5.74, 6) is 0. The van der Waals surface area contributed by atoms with Crippen molar-refractivity contribution in [2.24, 2.45) is 5.73 Å². The number of rotatable bonds is 6. The molecule has 0 spiro atoms. The molecular weight excluding hydrogens is 340 g/mol. The van der Waals surface area contributed by atoms with E-state index in [1.54, 1.807) is 0 Å². The number of aryl methyl sites for hydroxylation is 3. The summed E-state index contributed by atoms with van der Waals surface area (Å²) in [6, 6.07) is 6.44. The Hall–Kier alpha value is -2.48. The van der Waals surface area contributed by atoms with Crippen molar-refractivity contribution < 1.29 is 0 Å². The Bertz CT molecular complexity index is 944. The molecule has 0 aliphatic heterocycles. The zero-order valence-corrected chi connectivity index (χ0v) is 18.9. The minimum Gasteiger partial charge on any atom is -0.398 e. The summed E-state index contributed by atoms with van der Waals surface area (Å²) >= 11 is 0. The maximum Gasteiger partial charge on any atom is 0.0515 e. The number of nitrogens with one attached hydrogen (secondary N) is 1. The maximum absolute atomic E-state index is 6.91. The highest BCUT2D eigenvalue weighted by Gasteiger charge is 2.22. The third-order valence-corrected chi connectivity index (χ3v) is 5.92. The van der Waals surface area contributed by atoms with Crippen LogP contribution in [0.5, 0.6) is 0 Å². The van der Waals surface area contributed by atoms with Crippen LogP contribution in [-0.4, -0.2) is 4.98 Å².